The van der Waals surface area contributed by atoms with Crippen molar-refractivity contribution in [2.45, 2.75) is 26.8 Å². The second-order valence-corrected chi connectivity index (χ2v) is 4.91. The summed E-state index contributed by atoms with van der Waals surface area (Å²) in [6, 6.07) is -0.154. The van der Waals surface area contributed by atoms with E-state index in [2.05, 4.69) is 0 Å². The second-order valence-electron chi connectivity index (χ2n) is 4.91. The monoisotopic (exact) mass is 196 g/mol. The predicted octanol–water partition coefficient (Wildman–Crippen LogP) is -0.0254. The number of carbonyl (C=O) groups excluding carboxylic acids is 2. The normalized spacial score (nSPS) is 35.9. The highest BCUT2D eigenvalue weighted by molar-refractivity contribution is 6.10. The quantitative estimate of drug-likeness (QED) is 0.631. The number of likely N-dealkylation sites (tertiary alicyclic amines) is 1. The molecule has 2 N–H and O–H groups in total. The number of fused-ring (bicyclic) bond motifs is 1. The molecule has 0 aromatic heterocycles. The first-order valence-corrected chi connectivity index (χ1v) is 5.00. The van der Waals surface area contributed by atoms with Gasteiger partial charge in [-0.05, 0) is 12.3 Å². The number of hydrogen-bond donors (Lipinski definition) is 1. The summed E-state index contributed by atoms with van der Waals surface area (Å²) in [5.74, 6) is -0.209. The molecule has 1 aliphatic carbocycles. The van der Waals surface area contributed by atoms with Gasteiger partial charge in [-0.15, -0.1) is 0 Å². The van der Waals surface area contributed by atoms with Crippen LogP contribution in [0.3, 0.4) is 0 Å². The SMILES string of the molecule is CC(CN)N1C(=O)C2C(C1=O)C2(C)C. The largest absolute Gasteiger partial charge is 0.328 e. The fraction of sp³-hybridized carbons (Fsp3) is 0.800. The molecule has 78 valence electrons. The molecule has 0 radical (unpaired) electrons. The van der Waals surface area contributed by atoms with Crippen molar-refractivity contribution in [3.63, 3.8) is 0 Å². The maximum Gasteiger partial charge on any atom is 0.233 e. The van der Waals surface area contributed by atoms with E-state index in [-0.39, 0.29) is 35.1 Å². The molecule has 0 bridgehead atoms. The zero-order chi connectivity index (χ0) is 10.7. The number of rotatable bonds is 2. The van der Waals surface area contributed by atoms with Crippen molar-refractivity contribution >= 4 is 11.8 Å². The average Bonchev–Trinajstić information content (AvgIpc) is 2.55. The minimum atomic E-state index is -0.154. The summed E-state index contributed by atoms with van der Waals surface area (Å²) in [5.41, 5.74) is 5.35. The van der Waals surface area contributed by atoms with Crippen LogP contribution < -0.4 is 5.73 Å². The first kappa shape index (κ1) is 9.65. The summed E-state index contributed by atoms with van der Waals surface area (Å²) >= 11 is 0. The van der Waals surface area contributed by atoms with Crippen molar-refractivity contribution in [2.75, 3.05) is 6.54 Å². The molecule has 1 saturated heterocycles. The third-order valence-electron chi connectivity index (χ3n) is 3.62. The Hall–Kier alpha value is -0.900. The van der Waals surface area contributed by atoms with Gasteiger partial charge in [-0.1, -0.05) is 13.8 Å². The molecule has 4 nitrogen and oxygen atoms in total. The molecule has 2 aliphatic rings. The van der Waals surface area contributed by atoms with Crippen LogP contribution in [0.15, 0.2) is 0 Å². The molecule has 0 spiro atoms. The Morgan fingerprint density at radius 1 is 1.36 bits per heavy atom. The lowest BCUT2D eigenvalue weighted by Gasteiger charge is -2.25. The molecule has 2 amide bonds. The van der Waals surface area contributed by atoms with Crippen molar-refractivity contribution < 1.29 is 9.59 Å². The molecule has 2 fully saturated rings. The molecular formula is C10H16N2O2. The minimum Gasteiger partial charge on any atom is -0.328 e. The molecule has 4 heteroatoms. The molecular weight excluding hydrogens is 180 g/mol. The fourth-order valence-electron chi connectivity index (χ4n) is 2.51. The predicted molar refractivity (Wildman–Crippen MR) is 51.1 cm³/mol. The van der Waals surface area contributed by atoms with Gasteiger partial charge >= 0.3 is 0 Å². The number of carbonyl (C=O) groups is 2. The van der Waals surface area contributed by atoms with Crippen molar-refractivity contribution in [1.29, 1.82) is 0 Å². The smallest absolute Gasteiger partial charge is 0.233 e. The zero-order valence-corrected chi connectivity index (χ0v) is 8.78. The Morgan fingerprint density at radius 3 is 2.14 bits per heavy atom. The number of nitrogens with zero attached hydrogens (tertiary/aromatic N) is 1. The molecule has 2 rings (SSSR count). The summed E-state index contributed by atoms with van der Waals surface area (Å²) in [5, 5.41) is 0. The van der Waals surface area contributed by atoms with Gasteiger partial charge in [-0.3, -0.25) is 14.5 Å². The van der Waals surface area contributed by atoms with E-state index in [1.807, 2.05) is 20.8 Å². The first-order chi connectivity index (χ1) is 6.42. The van der Waals surface area contributed by atoms with Crippen LogP contribution in [0.4, 0.5) is 0 Å². The minimum absolute atomic E-state index is 0.0250. The van der Waals surface area contributed by atoms with Gasteiger partial charge in [0.25, 0.3) is 0 Å². The number of amides is 2. The van der Waals surface area contributed by atoms with Gasteiger partial charge < -0.3 is 5.73 Å². The molecule has 3 atom stereocenters. The number of piperidine rings is 1. The Labute approximate surface area is 83.4 Å². The average molecular weight is 196 g/mol. The van der Waals surface area contributed by atoms with Gasteiger partial charge in [-0.25, -0.2) is 0 Å². The molecule has 1 saturated carbocycles. The summed E-state index contributed by atoms with van der Waals surface area (Å²) in [6.07, 6.45) is 0. The molecule has 1 heterocycles. The van der Waals surface area contributed by atoms with Gasteiger partial charge in [-0.2, -0.15) is 0 Å². The molecule has 1 aliphatic heterocycles. The molecule has 0 aromatic carbocycles. The van der Waals surface area contributed by atoms with Gasteiger partial charge in [0.2, 0.25) is 11.8 Å². The van der Waals surface area contributed by atoms with Crippen LogP contribution in [0.1, 0.15) is 20.8 Å². The highest BCUT2D eigenvalue weighted by atomic mass is 16.2. The van der Waals surface area contributed by atoms with Crippen LogP contribution in [0.2, 0.25) is 0 Å². The fourth-order valence-corrected chi connectivity index (χ4v) is 2.51. The maximum absolute atomic E-state index is 11.8. The Balaban J connectivity index is 2.22. The van der Waals surface area contributed by atoms with Crippen molar-refractivity contribution in [3.05, 3.63) is 0 Å². The zero-order valence-electron chi connectivity index (χ0n) is 8.78. The van der Waals surface area contributed by atoms with Crippen LogP contribution >= 0.6 is 0 Å². The Bertz CT molecular complexity index is 287. The van der Waals surface area contributed by atoms with Crippen LogP contribution in [-0.4, -0.2) is 29.3 Å². The topological polar surface area (TPSA) is 63.4 Å². The van der Waals surface area contributed by atoms with Crippen LogP contribution in [0.5, 0.6) is 0 Å². The van der Waals surface area contributed by atoms with E-state index in [1.54, 1.807) is 0 Å². The highest BCUT2D eigenvalue weighted by Crippen LogP contribution is 2.63. The van der Waals surface area contributed by atoms with Crippen LogP contribution in [0.25, 0.3) is 0 Å². The van der Waals surface area contributed by atoms with Crippen molar-refractivity contribution in [2.24, 2.45) is 23.0 Å². The van der Waals surface area contributed by atoms with E-state index in [4.69, 9.17) is 5.73 Å². The number of hydrogen-bond acceptors (Lipinski definition) is 3. The van der Waals surface area contributed by atoms with E-state index < -0.39 is 0 Å². The van der Waals surface area contributed by atoms with E-state index in [9.17, 15) is 9.59 Å². The summed E-state index contributed by atoms with van der Waals surface area (Å²) in [7, 11) is 0. The maximum atomic E-state index is 11.8. The van der Waals surface area contributed by atoms with E-state index in [1.165, 1.54) is 4.90 Å². The lowest BCUT2D eigenvalue weighted by Crippen LogP contribution is -2.45. The Morgan fingerprint density at radius 2 is 1.79 bits per heavy atom. The number of nitrogens with two attached hydrogens (primary N) is 1. The van der Waals surface area contributed by atoms with Gasteiger partial charge in [0, 0.05) is 12.6 Å². The lowest BCUT2D eigenvalue weighted by atomic mass is 10.0. The first-order valence-electron chi connectivity index (χ1n) is 5.00. The van der Waals surface area contributed by atoms with Crippen LogP contribution in [-0.2, 0) is 9.59 Å². The van der Waals surface area contributed by atoms with E-state index in [0.717, 1.165) is 0 Å². The van der Waals surface area contributed by atoms with Crippen molar-refractivity contribution in [3.8, 4) is 0 Å². The third-order valence-corrected chi connectivity index (χ3v) is 3.62. The van der Waals surface area contributed by atoms with Crippen LogP contribution in [0, 0.1) is 17.3 Å². The third kappa shape index (κ3) is 0.919. The van der Waals surface area contributed by atoms with Gasteiger partial charge in [0.1, 0.15) is 0 Å². The molecule has 14 heavy (non-hydrogen) atoms. The molecule has 0 aromatic rings. The molecule has 3 unspecified atom stereocenters. The standard InChI is InChI=1S/C10H16N2O2/c1-5(4-11)12-8(13)6-7(9(12)14)10(6,2)3/h5-7H,4,11H2,1-3H3. The second kappa shape index (κ2) is 2.57. The summed E-state index contributed by atoms with van der Waals surface area (Å²) < 4.78 is 0. The van der Waals surface area contributed by atoms with Crippen molar-refractivity contribution in [1.82, 2.24) is 4.90 Å². The lowest BCUT2D eigenvalue weighted by molar-refractivity contribution is -0.145. The highest BCUT2D eigenvalue weighted by Gasteiger charge is 2.72. The van der Waals surface area contributed by atoms with Gasteiger partial charge in [0.05, 0.1) is 11.8 Å². The van der Waals surface area contributed by atoms with E-state index in [0.29, 0.717) is 6.54 Å². The number of imide groups is 1. The van der Waals surface area contributed by atoms with E-state index >= 15 is 0 Å². The summed E-state index contributed by atoms with van der Waals surface area (Å²) in [4.78, 5) is 25.0. The Kier molecular flexibility index (Phi) is 1.77. The summed E-state index contributed by atoms with van der Waals surface area (Å²) in [6.45, 7) is 6.11. The van der Waals surface area contributed by atoms with Gasteiger partial charge in [0.15, 0.2) is 0 Å².